The Bertz CT molecular complexity index is 926. The first-order valence-electron chi connectivity index (χ1n) is 10.2. The van der Waals surface area contributed by atoms with E-state index < -0.39 is 5.97 Å². The van der Waals surface area contributed by atoms with Crippen molar-refractivity contribution in [1.82, 2.24) is 5.32 Å². The van der Waals surface area contributed by atoms with Crippen molar-refractivity contribution in [3.63, 3.8) is 0 Å². The number of carbonyl (C=O) groups is 1. The van der Waals surface area contributed by atoms with Crippen molar-refractivity contribution in [2.45, 2.75) is 18.9 Å². The van der Waals surface area contributed by atoms with Gasteiger partial charge in [-0.05, 0) is 73.5 Å². The van der Waals surface area contributed by atoms with Crippen LogP contribution in [0.15, 0.2) is 78.9 Å². The molecule has 1 unspecified atom stereocenters. The highest BCUT2D eigenvalue weighted by molar-refractivity contribution is 5.68. The molecule has 0 saturated carbocycles. The number of benzene rings is 3. The summed E-state index contributed by atoms with van der Waals surface area (Å²) in [5.74, 6) is 2.11. The van der Waals surface area contributed by atoms with Gasteiger partial charge in [0.1, 0.15) is 29.1 Å². The van der Waals surface area contributed by atoms with E-state index in [1.165, 1.54) is 0 Å². The molecular formula is C25H27NO5. The Labute approximate surface area is 182 Å². The second-order valence-corrected chi connectivity index (χ2v) is 6.98. The van der Waals surface area contributed by atoms with Gasteiger partial charge in [-0.3, -0.25) is 4.79 Å². The van der Waals surface area contributed by atoms with Crippen LogP contribution < -0.4 is 19.5 Å². The molecule has 0 heterocycles. The molecule has 3 aromatic carbocycles. The molecule has 6 nitrogen and oxygen atoms in total. The van der Waals surface area contributed by atoms with E-state index in [4.69, 9.17) is 19.3 Å². The van der Waals surface area contributed by atoms with Crippen molar-refractivity contribution in [2.24, 2.45) is 0 Å². The van der Waals surface area contributed by atoms with Gasteiger partial charge in [-0.25, -0.2) is 0 Å². The third-order valence-corrected chi connectivity index (χ3v) is 4.66. The van der Waals surface area contributed by atoms with Crippen LogP contribution in [0.3, 0.4) is 0 Å². The fourth-order valence-corrected chi connectivity index (χ4v) is 3.10. The zero-order valence-corrected chi connectivity index (χ0v) is 17.5. The summed E-state index contributed by atoms with van der Waals surface area (Å²) in [6.07, 6.45) is 1.44. The Hall–Kier alpha value is -3.51. The lowest BCUT2D eigenvalue weighted by atomic mass is 10.0. The van der Waals surface area contributed by atoms with Crippen molar-refractivity contribution in [1.29, 1.82) is 0 Å². The summed E-state index contributed by atoms with van der Waals surface area (Å²) >= 11 is 0. The highest BCUT2D eigenvalue weighted by Crippen LogP contribution is 2.29. The molecule has 0 aliphatic rings. The smallest absolute Gasteiger partial charge is 0.317 e. The zero-order chi connectivity index (χ0) is 21.9. The van der Waals surface area contributed by atoms with Gasteiger partial charge in [0.05, 0.1) is 13.7 Å². The fraction of sp³-hybridized carbons (Fsp3) is 0.240. The molecule has 0 spiro atoms. The van der Waals surface area contributed by atoms with Gasteiger partial charge in [-0.15, -0.1) is 0 Å². The number of carboxylic acid groups (broad SMARTS) is 1. The van der Waals surface area contributed by atoms with Crippen molar-refractivity contribution < 1.29 is 24.1 Å². The van der Waals surface area contributed by atoms with Crippen molar-refractivity contribution in [2.75, 3.05) is 20.2 Å². The Kier molecular flexibility index (Phi) is 8.31. The molecule has 6 heteroatoms. The van der Waals surface area contributed by atoms with Gasteiger partial charge < -0.3 is 24.6 Å². The summed E-state index contributed by atoms with van der Waals surface area (Å²) < 4.78 is 17.3. The molecule has 0 amide bonds. The average Bonchev–Trinajstić information content (AvgIpc) is 2.80. The second-order valence-electron chi connectivity index (χ2n) is 6.98. The van der Waals surface area contributed by atoms with Crippen LogP contribution in [0.4, 0.5) is 0 Å². The highest BCUT2D eigenvalue weighted by atomic mass is 16.5. The molecular weight excluding hydrogens is 394 g/mol. The lowest BCUT2D eigenvalue weighted by Crippen LogP contribution is -2.24. The molecule has 3 aromatic rings. The van der Waals surface area contributed by atoms with Gasteiger partial charge in [0.15, 0.2) is 0 Å². The standard InChI is InChI=1S/C25H27NO5/c1-29-20-9-11-21(12-10-20)30-22-13-15-23(16-14-22)31-24(19-6-3-2-4-7-19)8-5-17-26-18-25(27)28/h2-4,6-7,9-16,24,26H,5,8,17-18H2,1H3,(H,27,28). The van der Waals surface area contributed by atoms with Gasteiger partial charge in [0.2, 0.25) is 0 Å². The Morgan fingerprint density at radius 3 is 2.03 bits per heavy atom. The van der Waals surface area contributed by atoms with E-state index in [1.54, 1.807) is 7.11 Å². The highest BCUT2D eigenvalue weighted by Gasteiger charge is 2.13. The number of rotatable bonds is 12. The van der Waals surface area contributed by atoms with E-state index in [0.717, 1.165) is 35.7 Å². The minimum atomic E-state index is -0.854. The molecule has 3 rings (SSSR count). The van der Waals surface area contributed by atoms with Crippen LogP contribution in [0.1, 0.15) is 24.5 Å². The SMILES string of the molecule is COc1ccc(Oc2ccc(OC(CCCNCC(=O)O)c3ccccc3)cc2)cc1. The lowest BCUT2D eigenvalue weighted by Gasteiger charge is -2.20. The van der Waals surface area contributed by atoms with Crippen LogP contribution in [-0.4, -0.2) is 31.3 Å². The summed E-state index contributed by atoms with van der Waals surface area (Å²) in [6.45, 7) is 0.583. The Balaban J connectivity index is 1.59. The molecule has 0 aliphatic carbocycles. The number of hydrogen-bond acceptors (Lipinski definition) is 5. The van der Waals surface area contributed by atoms with E-state index in [-0.39, 0.29) is 12.6 Å². The molecule has 0 aliphatic heterocycles. The van der Waals surface area contributed by atoms with E-state index in [2.05, 4.69) is 5.32 Å². The summed E-state index contributed by atoms with van der Waals surface area (Å²) in [5.41, 5.74) is 1.08. The van der Waals surface area contributed by atoms with Gasteiger partial charge >= 0.3 is 5.97 Å². The van der Waals surface area contributed by atoms with Crippen LogP contribution >= 0.6 is 0 Å². The predicted molar refractivity (Wildman–Crippen MR) is 119 cm³/mol. The molecule has 0 saturated heterocycles. The first-order valence-corrected chi connectivity index (χ1v) is 10.2. The Morgan fingerprint density at radius 2 is 1.45 bits per heavy atom. The number of ether oxygens (including phenoxy) is 3. The summed E-state index contributed by atoms with van der Waals surface area (Å²) in [4.78, 5) is 10.6. The fourth-order valence-electron chi connectivity index (χ4n) is 3.10. The van der Waals surface area contributed by atoms with Crippen LogP contribution in [0.2, 0.25) is 0 Å². The minimum absolute atomic E-state index is 0.0352. The summed E-state index contributed by atoms with van der Waals surface area (Å²) in [5, 5.41) is 11.6. The normalized spacial score (nSPS) is 11.5. The number of carboxylic acids is 1. The van der Waals surface area contributed by atoms with Crippen LogP contribution in [-0.2, 0) is 4.79 Å². The monoisotopic (exact) mass is 421 g/mol. The van der Waals surface area contributed by atoms with Crippen molar-refractivity contribution >= 4 is 5.97 Å². The third-order valence-electron chi connectivity index (χ3n) is 4.66. The maximum absolute atomic E-state index is 10.6. The zero-order valence-electron chi connectivity index (χ0n) is 17.5. The molecule has 0 radical (unpaired) electrons. The molecule has 31 heavy (non-hydrogen) atoms. The van der Waals surface area contributed by atoms with Crippen LogP contribution in [0.5, 0.6) is 23.0 Å². The lowest BCUT2D eigenvalue weighted by molar-refractivity contribution is -0.135. The van der Waals surface area contributed by atoms with Gasteiger partial charge in [-0.1, -0.05) is 30.3 Å². The van der Waals surface area contributed by atoms with Crippen molar-refractivity contribution in [3.05, 3.63) is 84.4 Å². The van der Waals surface area contributed by atoms with Crippen molar-refractivity contribution in [3.8, 4) is 23.0 Å². The maximum Gasteiger partial charge on any atom is 0.317 e. The number of methoxy groups -OCH3 is 1. The average molecular weight is 421 g/mol. The molecule has 0 fully saturated rings. The topological polar surface area (TPSA) is 77.0 Å². The van der Waals surface area contributed by atoms with Crippen LogP contribution in [0, 0.1) is 0 Å². The van der Waals surface area contributed by atoms with E-state index >= 15 is 0 Å². The number of hydrogen-bond donors (Lipinski definition) is 2. The Morgan fingerprint density at radius 1 is 0.871 bits per heavy atom. The molecule has 1 atom stereocenters. The van der Waals surface area contributed by atoms with Gasteiger partial charge in [0.25, 0.3) is 0 Å². The predicted octanol–water partition coefficient (Wildman–Crippen LogP) is 5.06. The molecule has 0 aromatic heterocycles. The number of nitrogens with one attached hydrogen (secondary N) is 1. The van der Waals surface area contributed by atoms with Gasteiger partial charge in [-0.2, -0.15) is 0 Å². The molecule has 0 bridgehead atoms. The third kappa shape index (κ3) is 7.35. The largest absolute Gasteiger partial charge is 0.497 e. The van der Waals surface area contributed by atoms with E-state index in [1.807, 2.05) is 78.9 Å². The summed E-state index contributed by atoms with van der Waals surface area (Å²) in [6, 6.07) is 24.9. The van der Waals surface area contributed by atoms with Gasteiger partial charge in [0, 0.05) is 0 Å². The van der Waals surface area contributed by atoms with Crippen LogP contribution in [0.25, 0.3) is 0 Å². The number of aliphatic carboxylic acids is 1. The quantitative estimate of drug-likeness (QED) is 0.398. The first kappa shape index (κ1) is 22.2. The minimum Gasteiger partial charge on any atom is -0.497 e. The maximum atomic E-state index is 10.6. The second kappa shape index (κ2) is 11.6. The first-order chi connectivity index (χ1) is 15.1. The molecule has 2 N–H and O–H groups in total. The van der Waals surface area contributed by atoms with E-state index in [9.17, 15) is 4.79 Å². The summed E-state index contributed by atoms with van der Waals surface area (Å²) in [7, 11) is 1.63. The molecule has 162 valence electrons. The van der Waals surface area contributed by atoms with E-state index in [0.29, 0.717) is 12.3 Å².